The third kappa shape index (κ3) is 2.23. The predicted molar refractivity (Wildman–Crippen MR) is 45.0 cm³/mol. The second-order valence-electron chi connectivity index (χ2n) is 2.30. The summed E-state index contributed by atoms with van der Waals surface area (Å²) in [7, 11) is 1.32. The Morgan fingerprint density at radius 3 is 2.83 bits per heavy atom. The van der Waals surface area contributed by atoms with E-state index >= 15 is 0 Å². The van der Waals surface area contributed by atoms with Crippen LogP contribution in [0.1, 0.15) is 5.69 Å². The Kier molecular flexibility index (Phi) is 2.63. The molecule has 0 bridgehead atoms. The average molecular weight is 166 g/mol. The van der Waals surface area contributed by atoms with Gasteiger partial charge in [-0.25, -0.2) is 4.79 Å². The van der Waals surface area contributed by atoms with E-state index in [9.17, 15) is 4.79 Å². The first kappa shape index (κ1) is 8.52. The van der Waals surface area contributed by atoms with E-state index in [2.05, 4.69) is 15.0 Å². The molecule has 4 nitrogen and oxygen atoms in total. The smallest absolute Gasteiger partial charge is 0.411 e. The maximum absolute atomic E-state index is 10.7. The van der Waals surface area contributed by atoms with Crippen molar-refractivity contribution in [3.8, 4) is 0 Å². The Hall–Kier alpha value is -1.58. The minimum atomic E-state index is -0.486. The monoisotopic (exact) mass is 166 g/mol. The summed E-state index contributed by atoms with van der Waals surface area (Å²) >= 11 is 0. The van der Waals surface area contributed by atoms with E-state index in [1.807, 2.05) is 13.0 Å². The number of hydrogen-bond acceptors (Lipinski definition) is 3. The summed E-state index contributed by atoms with van der Waals surface area (Å²) in [6, 6.07) is 3.57. The van der Waals surface area contributed by atoms with Crippen molar-refractivity contribution in [3.63, 3.8) is 0 Å². The number of carbonyl (C=O) groups is 1. The highest BCUT2D eigenvalue weighted by Crippen LogP contribution is 2.04. The number of methoxy groups -OCH3 is 1. The lowest BCUT2D eigenvalue weighted by Crippen LogP contribution is -2.10. The SMILES string of the molecule is COC(=O)Nc1ccc(C)nc1. The zero-order valence-corrected chi connectivity index (χ0v) is 7.00. The van der Waals surface area contributed by atoms with Crippen LogP contribution in [-0.2, 0) is 4.74 Å². The van der Waals surface area contributed by atoms with E-state index in [1.165, 1.54) is 7.11 Å². The van der Waals surface area contributed by atoms with Gasteiger partial charge in [-0.1, -0.05) is 0 Å². The lowest BCUT2D eigenvalue weighted by atomic mass is 10.3. The fourth-order valence-electron chi connectivity index (χ4n) is 0.711. The molecule has 0 unspecified atom stereocenters. The average Bonchev–Trinajstić information content (AvgIpc) is 2.09. The van der Waals surface area contributed by atoms with Gasteiger partial charge in [-0.05, 0) is 19.1 Å². The van der Waals surface area contributed by atoms with Crippen molar-refractivity contribution in [1.29, 1.82) is 0 Å². The van der Waals surface area contributed by atoms with Gasteiger partial charge in [0.1, 0.15) is 0 Å². The first-order chi connectivity index (χ1) is 5.72. The molecule has 0 fully saturated rings. The van der Waals surface area contributed by atoms with Crippen LogP contribution >= 0.6 is 0 Å². The third-order valence-electron chi connectivity index (χ3n) is 1.34. The zero-order valence-electron chi connectivity index (χ0n) is 7.00. The molecule has 4 heteroatoms. The molecular weight excluding hydrogens is 156 g/mol. The van der Waals surface area contributed by atoms with Crippen LogP contribution in [0.15, 0.2) is 18.3 Å². The van der Waals surface area contributed by atoms with Gasteiger partial charge in [0.15, 0.2) is 0 Å². The normalized spacial score (nSPS) is 9.17. The maximum Gasteiger partial charge on any atom is 0.411 e. The standard InChI is InChI=1S/C8H10N2O2/c1-6-3-4-7(5-9-6)10-8(11)12-2/h3-5H,1-2H3,(H,10,11). The van der Waals surface area contributed by atoms with Gasteiger partial charge >= 0.3 is 6.09 Å². The molecule has 0 atom stereocenters. The van der Waals surface area contributed by atoms with Crippen molar-refractivity contribution >= 4 is 11.8 Å². The molecule has 0 saturated carbocycles. The van der Waals surface area contributed by atoms with Crippen LogP contribution in [0.5, 0.6) is 0 Å². The summed E-state index contributed by atoms with van der Waals surface area (Å²) in [6.07, 6.45) is 1.09. The molecule has 0 aliphatic carbocycles. The minimum absolute atomic E-state index is 0.486. The van der Waals surface area contributed by atoms with E-state index in [4.69, 9.17) is 0 Å². The number of anilines is 1. The number of amides is 1. The summed E-state index contributed by atoms with van der Waals surface area (Å²) in [5, 5.41) is 2.50. The van der Waals surface area contributed by atoms with E-state index in [-0.39, 0.29) is 0 Å². The van der Waals surface area contributed by atoms with Crippen LogP contribution in [0.4, 0.5) is 10.5 Å². The van der Waals surface area contributed by atoms with Crippen molar-refractivity contribution in [2.75, 3.05) is 12.4 Å². The van der Waals surface area contributed by atoms with Crippen molar-refractivity contribution in [2.24, 2.45) is 0 Å². The molecule has 0 aliphatic heterocycles. The molecular formula is C8H10N2O2. The largest absolute Gasteiger partial charge is 0.453 e. The van der Waals surface area contributed by atoms with Gasteiger partial charge in [0.25, 0.3) is 0 Å². The van der Waals surface area contributed by atoms with Gasteiger partial charge in [-0.3, -0.25) is 10.3 Å². The number of pyridine rings is 1. The zero-order chi connectivity index (χ0) is 8.97. The number of ether oxygens (including phenoxy) is 1. The van der Waals surface area contributed by atoms with Crippen molar-refractivity contribution in [3.05, 3.63) is 24.0 Å². The molecule has 1 amide bonds. The molecule has 1 heterocycles. The summed E-state index contributed by atoms with van der Waals surface area (Å²) < 4.78 is 4.41. The van der Waals surface area contributed by atoms with Crippen LogP contribution in [0, 0.1) is 6.92 Å². The second kappa shape index (κ2) is 3.71. The van der Waals surface area contributed by atoms with Gasteiger partial charge in [-0.2, -0.15) is 0 Å². The van der Waals surface area contributed by atoms with E-state index in [0.29, 0.717) is 5.69 Å². The van der Waals surface area contributed by atoms with E-state index < -0.39 is 6.09 Å². The van der Waals surface area contributed by atoms with Gasteiger partial charge in [0.2, 0.25) is 0 Å². The van der Waals surface area contributed by atoms with Crippen molar-refractivity contribution in [1.82, 2.24) is 4.98 Å². The lowest BCUT2D eigenvalue weighted by Gasteiger charge is -2.01. The van der Waals surface area contributed by atoms with Crippen LogP contribution in [0.3, 0.4) is 0 Å². The fourth-order valence-corrected chi connectivity index (χ4v) is 0.711. The van der Waals surface area contributed by atoms with E-state index in [1.54, 1.807) is 12.3 Å². The molecule has 0 spiro atoms. The highest BCUT2D eigenvalue weighted by molar-refractivity contribution is 5.84. The molecule has 1 rings (SSSR count). The fraction of sp³-hybridized carbons (Fsp3) is 0.250. The number of aryl methyl sites for hydroxylation is 1. The molecule has 1 aromatic rings. The third-order valence-corrected chi connectivity index (χ3v) is 1.34. The van der Waals surface area contributed by atoms with Gasteiger partial charge in [0.05, 0.1) is 19.0 Å². The van der Waals surface area contributed by atoms with Crippen LogP contribution in [0.25, 0.3) is 0 Å². The van der Waals surface area contributed by atoms with Crippen LogP contribution < -0.4 is 5.32 Å². The molecule has 0 radical (unpaired) electrons. The van der Waals surface area contributed by atoms with Crippen molar-refractivity contribution < 1.29 is 9.53 Å². The summed E-state index contributed by atoms with van der Waals surface area (Å²) in [4.78, 5) is 14.7. The van der Waals surface area contributed by atoms with Crippen LogP contribution in [-0.4, -0.2) is 18.2 Å². The number of carbonyl (C=O) groups excluding carboxylic acids is 1. The van der Waals surface area contributed by atoms with Crippen LogP contribution in [0.2, 0.25) is 0 Å². The predicted octanol–water partition coefficient (Wildman–Crippen LogP) is 1.57. The van der Waals surface area contributed by atoms with Gasteiger partial charge < -0.3 is 4.74 Å². The summed E-state index contributed by atoms with van der Waals surface area (Å²) in [5.74, 6) is 0. The minimum Gasteiger partial charge on any atom is -0.453 e. The molecule has 0 aliphatic rings. The maximum atomic E-state index is 10.7. The summed E-state index contributed by atoms with van der Waals surface area (Å²) in [5.41, 5.74) is 1.54. The molecule has 0 saturated heterocycles. The number of nitrogens with one attached hydrogen (secondary N) is 1. The number of hydrogen-bond donors (Lipinski definition) is 1. The number of nitrogens with zero attached hydrogens (tertiary/aromatic N) is 1. The lowest BCUT2D eigenvalue weighted by molar-refractivity contribution is 0.187. The topological polar surface area (TPSA) is 51.2 Å². The van der Waals surface area contributed by atoms with Crippen molar-refractivity contribution in [2.45, 2.75) is 6.92 Å². The number of rotatable bonds is 1. The second-order valence-corrected chi connectivity index (χ2v) is 2.30. The molecule has 1 aromatic heterocycles. The molecule has 12 heavy (non-hydrogen) atoms. The van der Waals surface area contributed by atoms with E-state index in [0.717, 1.165) is 5.69 Å². The Morgan fingerprint density at radius 1 is 1.58 bits per heavy atom. The summed E-state index contributed by atoms with van der Waals surface area (Å²) in [6.45, 7) is 1.88. The Bertz CT molecular complexity index is 269. The highest BCUT2D eigenvalue weighted by atomic mass is 16.5. The Morgan fingerprint density at radius 2 is 2.33 bits per heavy atom. The molecule has 1 N–H and O–H groups in total. The highest BCUT2D eigenvalue weighted by Gasteiger charge is 1.98. The Balaban J connectivity index is 2.64. The van der Waals surface area contributed by atoms with Gasteiger partial charge in [0, 0.05) is 5.69 Å². The molecule has 0 aromatic carbocycles. The first-order valence-electron chi connectivity index (χ1n) is 3.50. The quantitative estimate of drug-likeness (QED) is 0.688. The first-order valence-corrected chi connectivity index (χ1v) is 3.50. The van der Waals surface area contributed by atoms with Gasteiger partial charge in [-0.15, -0.1) is 0 Å². The molecule has 64 valence electrons. The Labute approximate surface area is 70.6 Å². The number of aromatic nitrogens is 1.